The van der Waals surface area contributed by atoms with E-state index in [9.17, 15) is 8.42 Å². The van der Waals surface area contributed by atoms with Gasteiger partial charge < -0.3 is 0 Å². The third kappa shape index (κ3) is 4.35. The highest BCUT2D eigenvalue weighted by Crippen LogP contribution is 2.29. The van der Waals surface area contributed by atoms with Crippen LogP contribution >= 0.6 is 31.9 Å². The molecule has 0 atom stereocenters. The maximum absolute atomic E-state index is 12.9. The molecule has 0 unspecified atom stereocenters. The number of rotatable bonds is 4. The van der Waals surface area contributed by atoms with Gasteiger partial charge in [0.1, 0.15) is 0 Å². The number of piperazine rings is 1. The van der Waals surface area contributed by atoms with Crippen molar-refractivity contribution in [1.82, 2.24) is 9.21 Å². The van der Waals surface area contributed by atoms with E-state index in [1.165, 1.54) is 4.31 Å². The van der Waals surface area contributed by atoms with Crippen LogP contribution in [0.15, 0.2) is 56.3 Å². The molecular weight excluding hydrogens is 482 g/mol. The zero-order chi connectivity index (χ0) is 18.7. The zero-order valence-corrected chi connectivity index (χ0v) is 17.9. The second-order valence-electron chi connectivity index (χ2n) is 6.06. The highest BCUT2D eigenvalue weighted by molar-refractivity contribution is 9.11. The fourth-order valence-corrected chi connectivity index (χ4v) is 5.77. The molecule has 1 aliphatic rings. The van der Waals surface area contributed by atoms with Gasteiger partial charge in [-0.2, -0.15) is 9.57 Å². The molecule has 3 rings (SSSR count). The van der Waals surface area contributed by atoms with Crippen molar-refractivity contribution in [3.05, 3.63) is 62.5 Å². The lowest BCUT2D eigenvalue weighted by Crippen LogP contribution is -2.48. The summed E-state index contributed by atoms with van der Waals surface area (Å²) in [6.07, 6.45) is 0. The molecule has 0 spiro atoms. The van der Waals surface area contributed by atoms with Crippen LogP contribution in [0.5, 0.6) is 0 Å². The summed E-state index contributed by atoms with van der Waals surface area (Å²) in [6.45, 7) is 3.00. The molecule has 8 heteroatoms. The second kappa shape index (κ2) is 8.19. The van der Waals surface area contributed by atoms with Crippen LogP contribution in [0.3, 0.4) is 0 Å². The molecule has 2 aromatic carbocycles. The van der Waals surface area contributed by atoms with Crippen LogP contribution in [0.2, 0.25) is 0 Å². The minimum Gasteiger partial charge on any atom is -0.296 e. The summed E-state index contributed by atoms with van der Waals surface area (Å²) in [5.41, 5.74) is 1.76. The monoisotopic (exact) mass is 497 g/mol. The Morgan fingerprint density at radius 3 is 2.27 bits per heavy atom. The number of hydrogen-bond acceptors (Lipinski definition) is 4. The quantitative estimate of drug-likeness (QED) is 0.646. The molecule has 0 aliphatic carbocycles. The van der Waals surface area contributed by atoms with Crippen LogP contribution in [0.4, 0.5) is 0 Å². The Kier molecular flexibility index (Phi) is 6.15. The Labute approximate surface area is 170 Å². The minimum absolute atomic E-state index is 0.285. The second-order valence-corrected chi connectivity index (χ2v) is 9.74. The Balaban J connectivity index is 1.66. The topological polar surface area (TPSA) is 64.4 Å². The molecule has 1 heterocycles. The SMILES string of the molecule is N#Cc1ccc(CN2CCN(S(=O)(=O)c3cc(Br)ccc3Br)CC2)cc1. The maximum Gasteiger partial charge on any atom is 0.244 e. The largest absolute Gasteiger partial charge is 0.296 e. The molecule has 26 heavy (non-hydrogen) atoms. The summed E-state index contributed by atoms with van der Waals surface area (Å²) in [7, 11) is -3.53. The number of sulfonamides is 1. The van der Waals surface area contributed by atoms with Crippen LogP contribution in [-0.2, 0) is 16.6 Å². The molecular formula is C18H17Br2N3O2S. The van der Waals surface area contributed by atoms with Gasteiger partial charge in [-0.15, -0.1) is 0 Å². The molecule has 0 amide bonds. The van der Waals surface area contributed by atoms with E-state index in [0.29, 0.717) is 36.2 Å². The summed E-state index contributed by atoms with van der Waals surface area (Å²) in [5.74, 6) is 0. The molecule has 0 aromatic heterocycles. The minimum atomic E-state index is -3.53. The summed E-state index contributed by atoms with van der Waals surface area (Å²) < 4.78 is 28.7. The number of halogens is 2. The van der Waals surface area contributed by atoms with Gasteiger partial charge in [0.2, 0.25) is 10.0 Å². The highest BCUT2D eigenvalue weighted by atomic mass is 79.9. The Bertz CT molecular complexity index is 932. The van der Waals surface area contributed by atoms with E-state index in [2.05, 4.69) is 42.8 Å². The summed E-state index contributed by atoms with van der Waals surface area (Å²) in [4.78, 5) is 2.51. The van der Waals surface area contributed by atoms with Crippen molar-refractivity contribution in [3.63, 3.8) is 0 Å². The summed E-state index contributed by atoms with van der Waals surface area (Å²) >= 11 is 6.68. The molecule has 0 bridgehead atoms. The summed E-state index contributed by atoms with van der Waals surface area (Å²) in [6, 6.07) is 14.8. The number of benzene rings is 2. The van der Waals surface area contributed by atoms with Gasteiger partial charge in [-0.05, 0) is 51.8 Å². The Hall–Kier alpha value is -1.24. The predicted molar refractivity (Wildman–Crippen MR) is 107 cm³/mol. The summed E-state index contributed by atoms with van der Waals surface area (Å²) in [5, 5.41) is 8.86. The standard InChI is InChI=1S/C18H17Br2N3O2S/c19-16-5-6-17(20)18(11-16)26(24,25)23-9-7-22(8-10-23)13-15-3-1-14(12-21)2-4-15/h1-6,11H,7-10,13H2. The first kappa shape index (κ1) is 19.5. The molecule has 5 nitrogen and oxygen atoms in total. The smallest absolute Gasteiger partial charge is 0.244 e. The fourth-order valence-electron chi connectivity index (χ4n) is 2.88. The van der Waals surface area contributed by atoms with Gasteiger partial charge >= 0.3 is 0 Å². The third-order valence-electron chi connectivity index (χ3n) is 4.33. The Morgan fingerprint density at radius 1 is 1.00 bits per heavy atom. The van der Waals surface area contributed by atoms with Crippen molar-refractivity contribution in [2.75, 3.05) is 26.2 Å². The van der Waals surface area contributed by atoms with Gasteiger partial charge in [0, 0.05) is 41.7 Å². The van der Waals surface area contributed by atoms with E-state index in [0.717, 1.165) is 16.6 Å². The normalized spacial score (nSPS) is 16.3. The Morgan fingerprint density at radius 2 is 1.65 bits per heavy atom. The molecule has 1 fully saturated rings. The van der Waals surface area contributed by atoms with Gasteiger partial charge in [-0.3, -0.25) is 4.90 Å². The van der Waals surface area contributed by atoms with Crippen molar-refractivity contribution in [1.29, 1.82) is 5.26 Å². The first-order chi connectivity index (χ1) is 12.4. The fraction of sp³-hybridized carbons (Fsp3) is 0.278. The lowest BCUT2D eigenvalue weighted by Gasteiger charge is -2.34. The molecule has 1 aliphatic heterocycles. The van der Waals surface area contributed by atoms with Gasteiger partial charge in [-0.1, -0.05) is 28.1 Å². The van der Waals surface area contributed by atoms with Gasteiger partial charge in [0.15, 0.2) is 0 Å². The first-order valence-electron chi connectivity index (χ1n) is 8.07. The zero-order valence-electron chi connectivity index (χ0n) is 13.9. The molecule has 2 aromatic rings. The molecule has 0 radical (unpaired) electrons. The first-order valence-corrected chi connectivity index (χ1v) is 11.1. The number of nitrogens with zero attached hydrogens (tertiary/aromatic N) is 3. The van der Waals surface area contributed by atoms with Gasteiger partial charge in [-0.25, -0.2) is 8.42 Å². The van der Waals surface area contributed by atoms with Crippen molar-refractivity contribution in [2.24, 2.45) is 0 Å². The number of nitriles is 1. The van der Waals surface area contributed by atoms with Crippen LogP contribution in [0.25, 0.3) is 0 Å². The molecule has 1 saturated heterocycles. The van der Waals surface area contributed by atoms with Crippen LogP contribution in [-0.4, -0.2) is 43.8 Å². The van der Waals surface area contributed by atoms with E-state index < -0.39 is 10.0 Å². The van der Waals surface area contributed by atoms with Gasteiger partial charge in [0.05, 0.1) is 16.5 Å². The van der Waals surface area contributed by atoms with E-state index in [1.807, 2.05) is 12.1 Å². The lowest BCUT2D eigenvalue weighted by molar-refractivity contribution is 0.181. The van der Waals surface area contributed by atoms with Crippen molar-refractivity contribution in [2.45, 2.75) is 11.4 Å². The van der Waals surface area contributed by atoms with E-state index in [4.69, 9.17) is 5.26 Å². The van der Waals surface area contributed by atoms with Crippen LogP contribution in [0.1, 0.15) is 11.1 Å². The number of hydrogen-bond donors (Lipinski definition) is 0. The maximum atomic E-state index is 12.9. The lowest BCUT2D eigenvalue weighted by atomic mass is 10.1. The van der Waals surface area contributed by atoms with Gasteiger partial charge in [0.25, 0.3) is 0 Å². The van der Waals surface area contributed by atoms with E-state index in [-0.39, 0.29) is 4.90 Å². The van der Waals surface area contributed by atoms with Crippen molar-refractivity contribution < 1.29 is 8.42 Å². The third-order valence-corrected chi connectivity index (χ3v) is 7.72. The molecule has 0 saturated carbocycles. The average Bonchev–Trinajstić information content (AvgIpc) is 2.65. The van der Waals surface area contributed by atoms with Crippen LogP contribution < -0.4 is 0 Å². The van der Waals surface area contributed by atoms with Crippen LogP contribution in [0, 0.1) is 11.3 Å². The average molecular weight is 499 g/mol. The van der Waals surface area contributed by atoms with E-state index in [1.54, 1.807) is 30.3 Å². The van der Waals surface area contributed by atoms with Crippen molar-refractivity contribution >= 4 is 41.9 Å². The highest BCUT2D eigenvalue weighted by Gasteiger charge is 2.30. The predicted octanol–water partition coefficient (Wildman–Crippen LogP) is 3.59. The molecule has 0 N–H and O–H groups in total. The van der Waals surface area contributed by atoms with E-state index >= 15 is 0 Å². The molecule has 136 valence electrons. The van der Waals surface area contributed by atoms with Crippen molar-refractivity contribution in [3.8, 4) is 6.07 Å².